The van der Waals surface area contributed by atoms with E-state index >= 15 is 0 Å². The first-order valence-electron chi connectivity index (χ1n) is 8.10. The Kier molecular flexibility index (Phi) is 6.57. The Balaban J connectivity index is 1.81. The van der Waals surface area contributed by atoms with E-state index < -0.39 is 22.0 Å². The number of nitro benzene ring substituents is 1. The van der Waals surface area contributed by atoms with Gasteiger partial charge in [0.1, 0.15) is 10.3 Å². The summed E-state index contributed by atoms with van der Waals surface area (Å²) in [7, 11) is 0. The van der Waals surface area contributed by atoms with Crippen molar-refractivity contribution in [2.75, 3.05) is 0 Å². The fourth-order valence-corrected chi connectivity index (χ4v) is 4.02. The van der Waals surface area contributed by atoms with Crippen LogP contribution in [-0.2, 0) is 9.59 Å². The number of non-ortho nitro benzene ring substituents is 1. The lowest BCUT2D eigenvalue weighted by molar-refractivity contribution is -0.384. The van der Waals surface area contributed by atoms with Crippen LogP contribution in [0, 0.1) is 10.1 Å². The summed E-state index contributed by atoms with van der Waals surface area (Å²) in [6.07, 6.45) is 2.65. The van der Waals surface area contributed by atoms with Gasteiger partial charge in [0.2, 0.25) is 5.91 Å². The molecule has 0 bridgehead atoms. The molecular weight excluding hydrogens is 418 g/mol. The summed E-state index contributed by atoms with van der Waals surface area (Å²) in [6, 6.07) is 9.76. The average molecular weight is 431 g/mol. The van der Waals surface area contributed by atoms with Crippen molar-refractivity contribution in [2.45, 2.75) is 21.6 Å². The standard InChI is InChI=1S/C17H13N5O5S2/c23-15(24)8-13-16(25)20-17(29-13)21-19-9-10-7-11(22(26)27)4-5-12(10)28-14-3-1-2-6-18-14/h1-7,9,13H,8H2,(H,23,24)(H,20,21,25). The van der Waals surface area contributed by atoms with Crippen LogP contribution in [0.3, 0.4) is 0 Å². The van der Waals surface area contributed by atoms with Crippen molar-refractivity contribution < 1.29 is 19.6 Å². The van der Waals surface area contributed by atoms with Crippen LogP contribution in [0.15, 0.2) is 62.7 Å². The number of thioether (sulfide) groups is 1. The summed E-state index contributed by atoms with van der Waals surface area (Å²) < 4.78 is 0. The first-order chi connectivity index (χ1) is 13.9. The zero-order valence-corrected chi connectivity index (χ0v) is 16.2. The van der Waals surface area contributed by atoms with Gasteiger partial charge in [-0.2, -0.15) is 5.10 Å². The second-order valence-electron chi connectivity index (χ2n) is 5.59. The molecule has 1 fully saturated rings. The number of carbonyl (C=O) groups excluding carboxylic acids is 1. The van der Waals surface area contributed by atoms with E-state index in [1.807, 2.05) is 6.07 Å². The number of benzene rings is 1. The van der Waals surface area contributed by atoms with E-state index in [9.17, 15) is 19.7 Å². The van der Waals surface area contributed by atoms with Gasteiger partial charge in [0, 0.05) is 28.8 Å². The summed E-state index contributed by atoms with van der Waals surface area (Å²) in [5.41, 5.74) is 0.352. The Morgan fingerprint density at radius 1 is 1.41 bits per heavy atom. The topological polar surface area (TPSA) is 147 Å². The summed E-state index contributed by atoms with van der Waals surface area (Å²) in [4.78, 5) is 37.9. The molecule has 10 nitrogen and oxygen atoms in total. The SMILES string of the molecule is O=C(O)CC1SC(=NN=Cc2cc([N+](=O)[O-])ccc2Sc2ccccn2)NC1=O. The number of amides is 1. The number of carboxylic acid groups (broad SMARTS) is 1. The largest absolute Gasteiger partial charge is 0.481 e. The summed E-state index contributed by atoms with van der Waals surface area (Å²) in [5.74, 6) is -1.54. The molecule has 1 aromatic heterocycles. The number of aliphatic carboxylic acids is 1. The quantitative estimate of drug-likeness (QED) is 0.386. The fraction of sp³-hybridized carbons (Fsp3) is 0.118. The van der Waals surface area contributed by atoms with Crippen molar-refractivity contribution >= 4 is 52.5 Å². The zero-order valence-electron chi connectivity index (χ0n) is 14.6. The number of amidine groups is 1. The minimum atomic E-state index is -1.09. The smallest absolute Gasteiger partial charge is 0.305 e. The van der Waals surface area contributed by atoms with Crippen LogP contribution in [0.5, 0.6) is 0 Å². The molecule has 0 radical (unpaired) electrons. The lowest BCUT2D eigenvalue weighted by atomic mass is 10.2. The van der Waals surface area contributed by atoms with Crippen molar-refractivity contribution in [3.63, 3.8) is 0 Å². The maximum Gasteiger partial charge on any atom is 0.305 e. The van der Waals surface area contributed by atoms with E-state index in [0.29, 0.717) is 15.5 Å². The monoisotopic (exact) mass is 431 g/mol. The van der Waals surface area contributed by atoms with E-state index in [4.69, 9.17) is 5.11 Å². The number of rotatable bonds is 7. The number of nitrogens with one attached hydrogen (secondary N) is 1. The molecule has 1 atom stereocenters. The third kappa shape index (κ3) is 5.62. The molecule has 1 saturated heterocycles. The number of hydrogen-bond acceptors (Lipinski definition) is 9. The third-order valence-electron chi connectivity index (χ3n) is 3.54. The molecular formula is C17H13N5O5S2. The Bertz CT molecular complexity index is 1010. The van der Waals surface area contributed by atoms with Crippen molar-refractivity contribution in [3.8, 4) is 0 Å². The molecule has 2 heterocycles. The number of nitrogens with zero attached hydrogens (tertiary/aromatic N) is 4. The lowest BCUT2D eigenvalue weighted by Gasteiger charge is -2.04. The normalized spacial score (nSPS) is 17.6. The molecule has 0 saturated carbocycles. The molecule has 1 aliphatic heterocycles. The van der Waals surface area contributed by atoms with Crippen LogP contribution in [0.1, 0.15) is 12.0 Å². The first-order valence-corrected chi connectivity index (χ1v) is 9.79. The Morgan fingerprint density at radius 3 is 2.93 bits per heavy atom. The van der Waals surface area contributed by atoms with Crippen LogP contribution >= 0.6 is 23.5 Å². The molecule has 1 amide bonds. The highest BCUT2D eigenvalue weighted by Gasteiger charge is 2.32. The van der Waals surface area contributed by atoms with Gasteiger partial charge in [0.25, 0.3) is 5.69 Å². The molecule has 0 spiro atoms. The maximum atomic E-state index is 11.7. The molecule has 148 valence electrons. The molecule has 0 aliphatic carbocycles. The third-order valence-corrected chi connectivity index (χ3v) is 5.65. The van der Waals surface area contributed by atoms with Crippen LogP contribution in [0.4, 0.5) is 5.69 Å². The van der Waals surface area contributed by atoms with Gasteiger partial charge in [-0.25, -0.2) is 4.98 Å². The van der Waals surface area contributed by atoms with Crippen LogP contribution in [0.2, 0.25) is 0 Å². The van der Waals surface area contributed by atoms with Gasteiger partial charge in [-0.1, -0.05) is 29.6 Å². The number of carboxylic acids is 1. The van der Waals surface area contributed by atoms with Crippen molar-refractivity contribution in [3.05, 3.63) is 58.3 Å². The summed E-state index contributed by atoms with van der Waals surface area (Å²) >= 11 is 2.28. The van der Waals surface area contributed by atoms with Crippen LogP contribution in [0.25, 0.3) is 0 Å². The number of carbonyl (C=O) groups is 2. The highest BCUT2D eigenvalue weighted by atomic mass is 32.2. The summed E-state index contributed by atoms with van der Waals surface area (Å²) in [5, 5.41) is 30.2. The fourth-order valence-electron chi connectivity index (χ4n) is 2.25. The zero-order chi connectivity index (χ0) is 20.8. The number of nitro groups is 1. The van der Waals surface area contributed by atoms with E-state index in [2.05, 4.69) is 20.5 Å². The molecule has 29 heavy (non-hydrogen) atoms. The second kappa shape index (κ2) is 9.30. The second-order valence-corrected chi connectivity index (χ2v) is 7.85. The van der Waals surface area contributed by atoms with E-state index in [1.165, 1.54) is 30.1 Å². The van der Waals surface area contributed by atoms with Gasteiger partial charge < -0.3 is 10.4 Å². The molecule has 1 aliphatic rings. The van der Waals surface area contributed by atoms with Gasteiger partial charge in [-0.3, -0.25) is 19.7 Å². The van der Waals surface area contributed by atoms with Crippen LogP contribution in [-0.4, -0.2) is 43.5 Å². The van der Waals surface area contributed by atoms with Gasteiger partial charge in [-0.15, -0.1) is 5.10 Å². The minimum Gasteiger partial charge on any atom is -0.481 e. The Labute approximate surface area is 172 Å². The Hall–Kier alpha value is -3.25. The molecule has 12 heteroatoms. The van der Waals surface area contributed by atoms with E-state index in [1.54, 1.807) is 24.4 Å². The number of hydrogen-bond donors (Lipinski definition) is 2. The first kappa shape index (κ1) is 20.5. The lowest BCUT2D eigenvalue weighted by Crippen LogP contribution is -2.26. The van der Waals surface area contributed by atoms with Gasteiger partial charge in [-0.05, 0) is 18.2 Å². The van der Waals surface area contributed by atoms with Crippen molar-refractivity contribution in [1.29, 1.82) is 0 Å². The highest BCUT2D eigenvalue weighted by molar-refractivity contribution is 8.15. The molecule has 2 aromatic rings. The summed E-state index contributed by atoms with van der Waals surface area (Å²) in [6.45, 7) is 0. The molecule has 3 rings (SSSR count). The maximum absolute atomic E-state index is 11.7. The highest BCUT2D eigenvalue weighted by Crippen LogP contribution is 2.30. The molecule has 2 N–H and O–H groups in total. The Morgan fingerprint density at radius 2 is 2.24 bits per heavy atom. The predicted octanol–water partition coefficient (Wildman–Crippen LogP) is 2.54. The predicted molar refractivity (Wildman–Crippen MR) is 108 cm³/mol. The van der Waals surface area contributed by atoms with Gasteiger partial charge in [0.05, 0.1) is 17.6 Å². The molecule has 1 aromatic carbocycles. The van der Waals surface area contributed by atoms with Crippen LogP contribution < -0.4 is 5.32 Å². The van der Waals surface area contributed by atoms with Gasteiger partial charge in [0.15, 0.2) is 5.17 Å². The van der Waals surface area contributed by atoms with Gasteiger partial charge >= 0.3 is 5.97 Å². The van der Waals surface area contributed by atoms with Crippen molar-refractivity contribution in [2.24, 2.45) is 10.2 Å². The average Bonchev–Trinajstić information content (AvgIpc) is 3.02. The number of pyridine rings is 1. The number of aromatic nitrogens is 1. The van der Waals surface area contributed by atoms with E-state index in [-0.39, 0.29) is 17.3 Å². The molecule has 1 unspecified atom stereocenters. The van der Waals surface area contributed by atoms with Crippen molar-refractivity contribution in [1.82, 2.24) is 10.3 Å². The van der Waals surface area contributed by atoms with E-state index in [0.717, 1.165) is 11.8 Å². The minimum absolute atomic E-state index is 0.102.